The molecule has 23 heavy (non-hydrogen) atoms. The average molecular weight is 336 g/mol. The summed E-state index contributed by atoms with van der Waals surface area (Å²) >= 11 is 1.56. The molecule has 0 radical (unpaired) electrons. The minimum atomic E-state index is -1.18. The lowest BCUT2D eigenvalue weighted by Gasteiger charge is -2.24. The number of aliphatic carboxylic acids is 1. The lowest BCUT2D eigenvalue weighted by atomic mass is 9.87. The molecule has 2 aromatic rings. The highest BCUT2D eigenvalue weighted by Gasteiger charge is 2.22. The number of nitrogens with zero attached hydrogens (tertiary/aromatic N) is 2. The van der Waals surface area contributed by atoms with Crippen LogP contribution in [0.5, 0.6) is 0 Å². The zero-order valence-electron chi connectivity index (χ0n) is 12.2. The molecule has 0 unspecified atom stereocenters. The Hall–Kier alpha value is -2.29. The number of carboxylic acid groups (broad SMARTS) is 1. The zero-order chi connectivity index (χ0) is 16.4. The quantitative estimate of drug-likeness (QED) is 0.670. The van der Waals surface area contributed by atoms with Gasteiger partial charge in [0.1, 0.15) is 23.5 Å². The molecule has 3 rings (SSSR count). The molecule has 1 fully saturated rings. The number of pyridine rings is 1. The summed E-state index contributed by atoms with van der Waals surface area (Å²) in [7, 11) is 0. The monoisotopic (exact) mass is 336 g/mol. The van der Waals surface area contributed by atoms with Crippen LogP contribution in [0.1, 0.15) is 29.6 Å². The van der Waals surface area contributed by atoms with Crippen LogP contribution in [-0.2, 0) is 4.79 Å². The van der Waals surface area contributed by atoms with Gasteiger partial charge in [0.15, 0.2) is 11.1 Å². The van der Waals surface area contributed by atoms with Crippen molar-refractivity contribution in [2.45, 2.75) is 24.3 Å². The molecular formula is C14H16N4O4S. The molecule has 0 spiro atoms. The van der Waals surface area contributed by atoms with E-state index in [0.29, 0.717) is 10.9 Å². The molecule has 9 heteroatoms. The summed E-state index contributed by atoms with van der Waals surface area (Å²) in [6.07, 6.45) is 5.08. The van der Waals surface area contributed by atoms with Crippen molar-refractivity contribution in [3.05, 3.63) is 28.2 Å². The third-order valence-corrected chi connectivity index (χ3v) is 5.08. The van der Waals surface area contributed by atoms with Gasteiger partial charge in [-0.25, -0.2) is 9.50 Å². The van der Waals surface area contributed by atoms with Gasteiger partial charge in [-0.2, -0.15) is 0 Å². The summed E-state index contributed by atoms with van der Waals surface area (Å²) in [6, 6.07) is 1.39. The first kappa shape index (κ1) is 15.6. The fourth-order valence-electron chi connectivity index (χ4n) is 2.40. The van der Waals surface area contributed by atoms with E-state index in [2.05, 4.69) is 15.4 Å². The Balaban J connectivity index is 1.89. The first-order valence-corrected chi connectivity index (χ1v) is 8.26. The molecule has 1 aliphatic carbocycles. The fourth-order valence-corrected chi connectivity index (χ4v) is 3.60. The van der Waals surface area contributed by atoms with Crippen molar-refractivity contribution in [1.82, 2.24) is 19.9 Å². The van der Waals surface area contributed by atoms with Gasteiger partial charge >= 0.3 is 5.97 Å². The number of carbonyl (C=O) groups excluding carboxylic acids is 1. The fraction of sp³-hybridized carbons (Fsp3) is 0.429. The second-order valence-corrected chi connectivity index (χ2v) is 6.49. The van der Waals surface area contributed by atoms with E-state index >= 15 is 0 Å². The highest BCUT2D eigenvalue weighted by molar-refractivity contribution is 7.99. The number of H-pyrrole nitrogens is 1. The summed E-state index contributed by atoms with van der Waals surface area (Å²) in [5.74, 6) is -0.320. The van der Waals surface area contributed by atoms with Crippen LogP contribution in [0, 0.1) is 5.92 Å². The van der Waals surface area contributed by atoms with E-state index in [9.17, 15) is 14.4 Å². The summed E-state index contributed by atoms with van der Waals surface area (Å²) < 4.78 is 1.58. The summed E-state index contributed by atoms with van der Waals surface area (Å²) in [4.78, 5) is 38.9. The summed E-state index contributed by atoms with van der Waals surface area (Å²) in [6.45, 7) is -0.549. The maximum absolute atomic E-state index is 12.3. The van der Waals surface area contributed by atoms with Gasteiger partial charge in [0.25, 0.3) is 5.91 Å². The van der Waals surface area contributed by atoms with Crippen LogP contribution in [0.4, 0.5) is 0 Å². The Morgan fingerprint density at radius 2 is 2.26 bits per heavy atom. The molecule has 0 aliphatic heterocycles. The van der Waals surface area contributed by atoms with Crippen LogP contribution in [0.25, 0.3) is 5.65 Å². The van der Waals surface area contributed by atoms with Crippen LogP contribution < -0.4 is 10.7 Å². The maximum Gasteiger partial charge on any atom is 0.322 e. The number of thioether (sulfide) groups is 1. The van der Waals surface area contributed by atoms with E-state index in [4.69, 9.17) is 5.11 Å². The van der Waals surface area contributed by atoms with Gasteiger partial charge in [-0.15, -0.1) is 11.8 Å². The number of aromatic nitrogens is 3. The smallest absolute Gasteiger partial charge is 0.322 e. The van der Waals surface area contributed by atoms with E-state index in [0.717, 1.165) is 5.75 Å². The van der Waals surface area contributed by atoms with Crippen molar-refractivity contribution < 1.29 is 14.7 Å². The van der Waals surface area contributed by atoms with Crippen molar-refractivity contribution in [1.29, 1.82) is 0 Å². The number of rotatable bonds is 6. The normalized spacial score (nSPS) is 14.6. The Labute approximate surface area is 135 Å². The standard InChI is InChI=1S/C14H16N4O4S/c19-9-4-10(23-6-8-2-1-3-8)18-13(16-7-17-18)12(9)14(22)15-5-11(20)21/h4,7-8H,1-3,5-6H2,(H,15,22)(H,16,17)(H,20,21). The van der Waals surface area contributed by atoms with Crippen LogP contribution in [0.2, 0.25) is 0 Å². The number of hydrogen-bond acceptors (Lipinski definition) is 5. The van der Waals surface area contributed by atoms with Gasteiger partial charge in [0, 0.05) is 11.8 Å². The molecule has 122 valence electrons. The Kier molecular flexibility index (Phi) is 4.37. The molecule has 2 heterocycles. The molecule has 2 aromatic heterocycles. The predicted octanol–water partition coefficient (Wildman–Crippen LogP) is 0.729. The van der Waals surface area contributed by atoms with Crippen molar-refractivity contribution in [2.24, 2.45) is 5.92 Å². The van der Waals surface area contributed by atoms with E-state index in [1.54, 1.807) is 16.3 Å². The second-order valence-electron chi connectivity index (χ2n) is 5.45. The van der Waals surface area contributed by atoms with Crippen LogP contribution in [0.3, 0.4) is 0 Å². The highest BCUT2D eigenvalue weighted by Crippen LogP contribution is 2.32. The van der Waals surface area contributed by atoms with Gasteiger partial charge in [-0.1, -0.05) is 6.42 Å². The van der Waals surface area contributed by atoms with Gasteiger partial charge in [0.05, 0.1) is 0 Å². The van der Waals surface area contributed by atoms with Gasteiger partial charge in [-0.05, 0) is 18.8 Å². The zero-order valence-corrected chi connectivity index (χ0v) is 13.1. The molecule has 0 aromatic carbocycles. The van der Waals surface area contributed by atoms with Gasteiger partial charge in [-0.3, -0.25) is 19.5 Å². The van der Waals surface area contributed by atoms with Gasteiger partial charge in [0.2, 0.25) is 0 Å². The lowest BCUT2D eigenvalue weighted by molar-refractivity contribution is -0.135. The number of amides is 1. The second kappa shape index (κ2) is 6.45. The van der Waals surface area contributed by atoms with Gasteiger partial charge < -0.3 is 10.4 Å². The largest absolute Gasteiger partial charge is 0.480 e. The Morgan fingerprint density at radius 1 is 1.48 bits per heavy atom. The minimum absolute atomic E-state index is 0.152. The van der Waals surface area contributed by atoms with Crippen molar-refractivity contribution in [3.8, 4) is 0 Å². The number of hydrogen-bond donors (Lipinski definition) is 3. The highest BCUT2D eigenvalue weighted by atomic mass is 32.2. The molecule has 0 bridgehead atoms. The first-order chi connectivity index (χ1) is 11.1. The average Bonchev–Trinajstić information content (AvgIpc) is 2.92. The van der Waals surface area contributed by atoms with E-state index in [-0.39, 0.29) is 11.2 Å². The molecule has 1 amide bonds. The van der Waals surface area contributed by atoms with E-state index in [1.165, 1.54) is 31.7 Å². The van der Waals surface area contributed by atoms with Crippen LogP contribution >= 0.6 is 11.8 Å². The van der Waals surface area contributed by atoms with Crippen molar-refractivity contribution in [2.75, 3.05) is 12.3 Å². The minimum Gasteiger partial charge on any atom is -0.480 e. The first-order valence-electron chi connectivity index (χ1n) is 7.28. The lowest BCUT2D eigenvalue weighted by Crippen LogP contribution is -2.33. The van der Waals surface area contributed by atoms with Crippen LogP contribution in [0.15, 0.2) is 22.2 Å². The molecule has 0 atom stereocenters. The third kappa shape index (κ3) is 3.24. The molecule has 1 saturated carbocycles. The molecule has 1 aliphatic rings. The summed E-state index contributed by atoms with van der Waals surface area (Å²) in [5, 5.41) is 14.4. The molecular weight excluding hydrogens is 320 g/mol. The van der Waals surface area contributed by atoms with Crippen molar-refractivity contribution in [3.63, 3.8) is 0 Å². The maximum atomic E-state index is 12.3. The van der Waals surface area contributed by atoms with Crippen molar-refractivity contribution >= 4 is 29.3 Å². The number of carboxylic acids is 1. The third-order valence-electron chi connectivity index (χ3n) is 3.85. The van der Waals surface area contributed by atoms with Crippen LogP contribution in [-0.4, -0.2) is 43.9 Å². The Morgan fingerprint density at radius 3 is 2.91 bits per heavy atom. The number of fused-ring (bicyclic) bond motifs is 1. The summed E-state index contributed by atoms with van der Waals surface area (Å²) in [5.41, 5.74) is -0.409. The number of carbonyl (C=O) groups is 2. The van der Waals surface area contributed by atoms with E-state index in [1.807, 2.05) is 0 Å². The molecule has 3 N–H and O–H groups in total. The SMILES string of the molecule is O=C(O)CNC(=O)c1c(=O)cc(SCC2CCC2)n2[nH]cnc12. The predicted molar refractivity (Wildman–Crippen MR) is 83.8 cm³/mol. The Bertz CT molecular complexity index is 809. The van der Waals surface area contributed by atoms with E-state index < -0.39 is 23.9 Å². The number of nitrogens with one attached hydrogen (secondary N) is 2. The topological polar surface area (TPSA) is 117 Å². The molecule has 8 nitrogen and oxygen atoms in total. The molecule has 0 saturated heterocycles. The number of aromatic amines is 1.